The summed E-state index contributed by atoms with van der Waals surface area (Å²) in [6.07, 6.45) is 5.16. The lowest BCUT2D eigenvalue weighted by Crippen LogP contribution is -2.35. The van der Waals surface area contributed by atoms with Crippen molar-refractivity contribution in [1.29, 1.82) is 0 Å². The second kappa shape index (κ2) is 12.0. The van der Waals surface area contributed by atoms with Crippen molar-refractivity contribution in [3.8, 4) is 5.75 Å². The number of thiazole rings is 1. The predicted octanol–water partition coefficient (Wildman–Crippen LogP) is 4.79. The normalized spacial score (nSPS) is 20.6. The van der Waals surface area contributed by atoms with Gasteiger partial charge in [-0.2, -0.15) is 0 Å². The van der Waals surface area contributed by atoms with Crippen LogP contribution in [0.5, 0.6) is 5.75 Å². The first kappa shape index (κ1) is 29.5. The molecule has 2 atom stereocenters. The molecule has 2 aliphatic heterocycles. The molecule has 1 saturated carbocycles. The monoisotopic (exact) mass is 655 g/mol. The summed E-state index contributed by atoms with van der Waals surface area (Å²) in [6.45, 7) is -0.251. The van der Waals surface area contributed by atoms with Gasteiger partial charge >= 0.3 is 5.97 Å². The molecule has 4 aromatic rings. The highest BCUT2D eigenvalue weighted by atomic mass is 32.2. The second-order valence-corrected chi connectivity index (χ2v) is 13.9. The van der Waals surface area contributed by atoms with Gasteiger partial charge in [0.1, 0.15) is 26.2 Å². The zero-order valence-electron chi connectivity index (χ0n) is 24.3. The number of carboxylic acids is 1. The average Bonchev–Trinajstić information content (AvgIpc) is 3.78. The van der Waals surface area contributed by atoms with Crippen LogP contribution in [0.1, 0.15) is 41.9 Å². The van der Waals surface area contributed by atoms with Gasteiger partial charge in [0.15, 0.2) is 0 Å². The third-order valence-electron chi connectivity index (χ3n) is 8.60. The number of carbonyl (C=O) groups is 2. The summed E-state index contributed by atoms with van der Waals surface area (Å²) in [4.78, 5) is 43.2. The highest BCUT2D eigenvalue weighted by molar-refractivity contribution is 8.30. The van der Waals surface area contributed by atoms with E-state index in [9.17, 15) is 19.5 Å². The molecule has 0 radical (unpaired) electrons. The Labute approximate surface area is 272 Å². The van der Waals surface area contributed by atoms with Crippen molar-refractivity contribution < 1.29 is 19.4 Å². The highest BCUT2D eigenvalue weighted by Crippen LogP contribution is 2.52. The van der Waals surface area contributed by atoms with Gasteiger partial charge in [-0.25, -0.2) is 0 Å². The van der Waals surface area contributed by atoms with E-state index in [4.69, 9.17) is 17.0 Å². The number of hydrogen-bond donors (Lipinski definition) is 1. The van der Waals surface area contributed by atoms with Crippen LogP contribution in [-0.2, 0) is 22.7 Å². The molecule has 1 N–H and O–H groups in total. The fraction of sp³-hybridized carbons (Fsp3) is 0.235. The Hall–Kier alpha value is -4.19. The van der Waals surface area contributed by atoms with E-state index in [0.717, 1.165) is 70.6 Å². The summed E-state index contributed by atoms with van der Waals surface area (Å²) in [7, 11) is 1.66. The quantitative estimate of drug-likeness (QED) is 0.285. The summed E-state index contributed by atoms with van der Waals surface area (Å²) in [6, 6.07) is 24.3. The van der Waals surface area contributed by atoms with Gasteiger partial charge in [-0.05, 0) is 72.0 Å². The van der Waals surface area contributed by atoms with Crippen molar-refractivity contribution in [3.63, 3.8) is 0 Å². The topological polar surface area (TPSA) is 92.1 Å². The molecule has 45 heavy (non-hydrogen) atoms. The molecule has 0 spiro atoms. The maximum Gasteiger partial charge on any atom is 0.323 e. The van der Waals surface area contributed by atoms with Crippen molar-refractivity contribution >= 4 is 73.9 Å². The van der Waals surface area contributed by atoms with Crippen LogP contribution in [0.15, 0.2) is 77.6 Å². The lowest BCUT2D eigenvalue weighted by Gasteiger charge is -2.27. The molecule has 1 saturated heterocycles. The first-order chi connectivity index (χ1) is 21.8. The molecule has 1 aromatic heterocycles. The van der Waals surface area contributed by atoms with Crippen molar-refractivity contribution in [2.45, 2.75) is 44.3 Å². The molecule has 3 aliphatic rings. The third-order valence-corrected chi connectivity index (χ3v) is 11.3. The van der Waals surface area contributed by atoms with E-state index in [1.54, 1.807) is 13.2 Å². The van der Waals surface area contributed by atoms with Gasteiger partial charge in [-0.3, -0.25) is 23.9 Å². The zero-order valence-corrected chi connectivity index (χ0v) is 26.8. The number of hydrogen-bond acceptors (Lipinski definition) is 8. The Morgan fingerprint density at radius 1 is 1.07 bits per heavy atom. The SMILES string of the molecule is COc1ccc(N2c3ccc(C=c4sc(=C5SC(=S)N(Cc6ccccc6)C5=O)n(CC(=O)O)c4=O)cc3C3CCCC32)cc1. The molecule has 228 valence electrons. The van der Waals surface area contributed by atoms with E-state index in [2.05, 4.69) is 29.2 Å². The van der Waals surface area contributed by atoms with Crippen LogP contribution in [0.25, 0.3) is 11.0 Å². The second-order valence-electron chi connectivity index (χ2n) is 11.3. The maximum absolute atomic E-state index is 13.6. The molecule has 2 unspecified atom stereocenters. The fourth-order valence-corrected chi connectivity index (χ4v) is 9.10. The van der Waals surface area contributed by atoms with Crippen LogP contribution in [0.2, 0.25) is 0 Å². The Balaban J connectivity index is 1.29. The minimum atomic E-state index is -1.16. The number of aliphatic carboxylic acids is 1. The van der Waals surface area contributed by atoms with Gasteiger partial charge in [-0.15, -0.1) is 11.3 Å². The average molecular weight is 656 g/mol. The van der Waals surface area contributed by atoms with Gasteiger partial charge in [0.05, 0.1) is 18.2 Å². The number of nitrogens with zero attached hydrogens (tertiary/aromatic N) is 3. The van der Waals surface area contributed by atoms with E-state index in [1.165, 1.54) is 15.0 Å². The van der Waals surface area contributed by atoms with E-state index >= 15 is 0 Å². The number of anilines is 2. The number of benzene rings is 3. The van der Waals surface area contributed by atoms with Gasteiger partial charge in [-0.1, -0.05) is 66.8 Å². The molecule has 3 aromatic carbocycles. The first-order valence-corrected chi connectivity index (χ1v) is 16.7. The summed E-state index contributed by atoms with van der Waals surface area (Å²) in [5, 5.41) is 9.65. The number of carboxylic acid groups (broad SMARTS) is 1. The molecular weight excluding hydrogens is 627 g/mol. The van der Waals surface area contributed by atoms with Crippen LogP contribution < -0.4 is 24.4 Å². The molecule has 8 nitrogen and oxygen atoms in total. The van der Waals surface area contributed by atoms with Crippen molar-refractivity contribution in [2.24, 2.45) is 0 Å². The number of rotatable bonds is 7. The standard InChI is InChI=1S/C34H29N3O5S3/c1-42-23-13-11-22(12-14-23)37-26-9-5-8-24(26)25-16-21(10-15-27(25)37)17-28-31(40)35(19-29(38)39)33(44-28)30-32(41)36(34(43)45-30)18-20-6-3-2-4-7-20/h2-4,6-7,10-17,24,26H,5,8-9,18-19H2,1H3,(H,38,39). The molecular formula is C34H29N3O5S3. The largest absolute Gasteiger partial charge is 0.497 e. The number of aromatic nitrogens is 1. The Morgan fingerprint density at radius 3 is 2.58 bits per heavy atom. The van der Waals surface area contributed by atoms with Gasteiger partial charge in [0, 0.05) is 23.3 Å². The predicted molar refractivity (Wildman–Crippen MR) is 182 cm³/mol. The van der Waals surface area contributed by atoms with Crippen molar-refractivity contribution in [2.75, 3.05) is 12.0 Å². The van der Waals surface area contributed by atoms with Crippen LogP contribution in [0.3, 0.4) is 0 Å². The summed E-state index contributed by atoms with van der Waals surface area (Å²) in [5.41, 5.74) is 4.88. The minimum Gasteiger partial charge on any atom is -0.497 e. The summed E-state index contributed by atoms with van der Waals surface area (Å²) in [5.74, 6) is -0.288. The lowest BCUT2D eigenvalue weighted by atomic mass is 9.96. The first-order valence-electron chi connectivity index (χ1n) is 14.6. The summed E-state index contributed by atoms with van der Waals surface area (Å²) < 4.78 is 7.59. The minimum absolute atomic E-state index is 0.275. The van der Waals surface area contributed by atoms with E-state index < -0.39 is 18.1 Å². The number of carbonyl (C=O) groups excluding carboxylic acids is 1. The van der Waals surface area contributed by atoms with Gasteiger partial charge < -0.3 is 14.7 Å². The Morgan fingerprint density at radius 2 is 1.84 bits per heavy atom. The number of thiocarbonyl (C=S) groups is 1. The number of methoxy groups -OCH3 is 1. The number of thioether (sulfide) groups is 1. The molecule has 11 heteroatoms. The molecule has 3 heterocycles. The molecule has 0 bridgehead atoms. The van der Waals surface area contributed by atoms with E-state index in [1.807, 2.05) is 48.5 Å². The number of ether oxygens (including phenoxy) is 1. The smallest absolute Gasteiger partial charge is 0.323 e. The fourth-order valence-electron chi connectivity index (χ4n) is 6.59. The molecule has 2 fully saturated rings. The van der Waals surface area contributed by atoms with Crippen molar-refractivity contribution in [3.05, 3.63) is 109 Å². The van der Waals surface area contributed by atoms with Crippen molar-refractivity contribution in [1.82, 2.24) is 9.47 Å². The molecule has 7 rings (SSSR count). The van der Waals surface area contributed by atoms with Gasteiger partial charge in [0.2, 0.25) is 0 Å². The third kappa shape index (κ3) is 5.38. The van der Waals surface area contributed by atoms with E-state index in [0.29, 0.717) is 32.0 Å². The number of fused-ring (bicyclic) bond motifs is 3. The molecule has 1 aliphatic carbocycles. The van der Waals surface area contributed by atoms with Crippen LogP contribution in [0.4, 0.5) is 11.4 Å². The highest BCUT2D eigenvalue weighted by Gasteiger charge is 2.42. The van der Waals surface area contributed by atoms with Gasteiger partial charge in [0.25, 0.3) is 11.5 Å². The van der Waals surface area contributed by atoms with E-state index in [-0.39, 0.29) is 10.8 Å². The number of amides is 1. The molecule has 1 amide bonds. The summed E-state index contributed by atoms with van der Waals surface area (Å²) >= 11 is 7.78. The van der Waals surface area contributed by atoms with Crippen LogP contribution in [-0.4, -0.2) is 43.9 Å². The zero-order chi connectivity index (χ0) is 31.2. The lowest BCUT2D eigenvalue weighted by molar-refractivity contribution is -0.137. The Bertz CT molecular complexity index is 2020. The maximum atomic E-state index is 13.6. The van der Waals surface area contributed by atoms with Crippen LogP contribution in [0, 0.1) is 0 Å². The van der Waals surface area contributed by atoms with Crippen LogP contribution >= 0.6 is 35.3 Å². The Kier molecular flexibility index (Phi) is 7.84.